The molecule has 0 aromatic heterocycles. The molecule has 0 spiro atoms. The number of nitro benzene ring substituents is 1. The number of aryl methyl sites for hydroxylation is 2. The zero-order chi connectivity index (χ0) is 14.7. The minimum atomic E-state index is -0.366. The van der Waals surface area contributed by atoms with Crippen LogP contribution in [0.3, 0.4) is 0 Å². The first kappa shape index (κ1) is 14.5. The monoisotopic (exact) mass is 334 g/mol. The number of hydrogen-bond donors (Lipinski definition) is 1. The molecule has 0 amide bonds. The third kappa shape index (κ3) is 3.36. The van der Waals surface area contributed by atoms with E-state index >= 15 is 0 Å². The Morgan fingerprint density at radius 2 is 1.95 bits per heavy atom. The first-order chi connectivity index (χ1) is 9.47. The van der Waals surface area contributed by atoms with Crippen LogP contribution in [0.2, 0.25) is 0 Å². The Morgan fingerprint density at radius 1 is 1.20 bits per heavy atom. The molecule has 0 saturated carbocycles. The molecule has 0 aliphatic heterocycles. The van der Waals surface area contributed by atoms with E-state index in [-0.39, 0.29) is 10.6 Å². The van der Waals surface area contributed by atoms with Gasteiger partial charge < -0.3 is 5.32 Å². The first-order valence-electron chi connectivity index (χ1n) is 6.21. The van der Waals surface area contributed by atoms with Crippen LogP contribution in [0.25, 0.3) is 0 Å². The molecule has 0 aliphatic carbocycles. The largest absolute Gasteiger partial charge is 0.375 e. The zero-order valence-corrected chi connectivity index (χ0v) is 12.9. The van der Waals surface area contributed by atoms with E-state index in [0.29, 0.717) is 12.2 Å². The fourth-order valence-electron chi connectivity index (χ4n) is 1.96. The highest BCUT2D eigenvalue weighted by atomic mass is 79.9. The minimum absolute atomic E-state index is 0.101. The molecule has 0 atom stereocenters. The van der Waals surface area contributed by atoms with Gasteiger partial charge in [0.25, 0.3) is 5.69 Å². The predicted molar refractivity (Wildman–Crippen MR) is 84.0 cm³/mol. The normalized spacial score (nSPS) is 10.3. The molecule has 2 aromatic carbocycles. The van der Waals surface area contributed by atoms with Gasteiger partial charge in [0, 0.05) is 17.1 Å². The van der Waals surface area contributed by atoms with Gasteiger partial charge in [-0.3, -0.25) is 10.1 Å². The second-order valence-corrected chi connectivity index (χ2v) is 5.57. The summed E-state index contributed by atoms with van der Waals surface area (Å²) in [5, 5.41) is 14.1. The number of nitro groups is 1. The van der Waals surface area contributed by atoms with Gasteiger partial charge >= 0.3 is 0 Å². The summed E-state index contributed by atoms with van der Waals surface area (Å²) >= 11 is 3.46. The summed E-state index contributed by atoms with van der Waals surface area (Å²) in [6, 6.07) is 11.1. The van der Waals surface area contributed by atoms with E-state index in [0.717, 1.165) is 21.2 Å². The Morgan fingerprint density at radius 3 is 2.60 bits per heavy atom. The fourth-order valence-corrected chi connectivity index (χ4v) is 2.21. The molecule has 20 heavy (non-hydrogen) atoms. The van der Waals surface area contributed by atoms with Crippen molar-refractivity contribution in [3.8, 4) is 0 Å². The van der Waals surface area contributed by atoms with Crippen molar-refractivity contribution in [2.24, 2.45) is 0 Å². The van der Waals surface area contributed by atoms with Crippen LogP contribution in [0, 0.1) is 24.0 Å². The maximum absolute atomic E-state index is 11.0. The van der Waals surface area contributed by atoms with Crippen LogP contribution in [0.15, 0.2) is 40.9 Å². The molecule has 0 unspecified atom stereocenters. The number of rotatable bonds is 4. The molecule has 2 aromatic rings. The van der Waals surface area contributed by atoms with Crippen LogP contribution in [0.5, 0.6) is 0 Å². The van der Waals surface area contributed by atoms with Crippen LogP contribution in [0.1, 0.15) is 16.7 Å². The number of halogens is 1. The van der Waals surface area contributed by atoms with E-state index in [2.05, 4.69) is 27.3 Å². The lowest BCUT2D eigenvalue weighted by molar-refractivity contribution is -0.384. The highest BCUT2D eigenvalue weighted by molar-refractivity contribution is 9.10. The van der Waals surface area contributed by atoms with Crippen molar-refractivity contribution < 1.29 is 4.92 Å². The summed E-state index contributed by atoms with van der Waals surface area (Å²) < 4.78 is 1.06. The summed E-state index contributed by atoms with van der Waals surface area (Å²) in [5.74, 6) is 0. The number of benzene rings is 2. The molecule has 0 radical (unpaired) electrons. The van der Waals surface area contributed by atoms with Gasteiger partial charge in [0.15, 0.2) is 0 Å². The van der Waals surface area contributed by atoms with Crippen molar-refractivity contribution in [1.29, 1.82) is 0 Å². The molecule has 1 N–H and O–H groups in total. The molecule has 4 nitrogen and oxygen atoms in total. The maximum Gasteiger partial charge on any atom is 0.292 e. The average molecular weight is 335 g/mol. The van der Waals surface area contributed by atoms with Crippen LogP contribution >= 0.6 is 15.9 Å². The van der Waals surface area contributed by atoms with Gasteiger partial charge in [0.05, 0.1) is 4.92 Å². The van der Waals surface area contributed by atoms with Gasteiger partial charge in [-0.25, -0.2) is 0 Å². The van der Waals surface area contributed by atoms with E-state index in [1.165, 1.54) is 6.07 Å². The molecule has 5 heteroatoms. The number of nitrogens with one attached hydrogen (secondary N) is 1. The van der Waals surface area contributed by atoms with Crippen LogP contribution in [-0.2, 0) is 6.54 Å². The summed E-state index contributed by atoms with van der Waals surface area (Å²) in [5.41, 5.74) is 3.87. The summed E-state index contributed by atoms with van der Waals surface area (Å²) in [7, 11) is 0. The third-order valence-corrected chi connectivity index (χ3v) is 3.94. The Labute approximate surface area is 126 Å². The Balaban J connectivity index is 2.20. The molecular formula is C15H15BrN2O2. The molecule has 0 saturated heterocycles. The molecule has 0 aliphatic rings. The van der Waals surface area contributed by atoms with E-state index in [1.807, 2.05) is 26.0 Å². The van der Waals surface area contributed by atoms with Crippen molar-refractivity contribution in [3.63, 3.8) is 0 Å². The first-order valence-corrected chi connectivity index (χ1v) is 7.00. The molecule has 0 fully saturated rings. The second kappa shape index (κ2) is 6.05. The van der Waals surface area contributed by atoms with Gasteiger partial charge in [-0.1, -0.05) is 34.1 Å². The highest BCUT2D eigenvalue weighted by Crippen LogP contribution is 2.26. The van der Waals surface area contributed by atoms with E-state index in [9.17, 15) is 10.1 Å². The van der Waals surface area contributed by atoms with E-state index < -0.39 is 0 Å². The summed E-state index contributed by atoms with van der Waals surface area (Å²) in [6.45, 7) is 4.49. The standard InChI is InChI=1S/C15H15BrN2O2/c1-10-3-6-15(18(19)20)14(7-10)17-9-12-4-5-13(16)11(2)8-12/h3-8,17H,9H2,1-2H3. The summed E-state index contributed by atoms with van der Waals surface area (Å²) in [4.78, 5) is 10.6. The quantitative estimate of drug-likeness (QED) is 0.657. The van der Waals surface area contributed by atoms with Gasteiger partial charge in [0.1, 0.15) is 5.69 Å². The Bertz CT molecular complexity index is 656. The van der Waals surface area contributed by atoms with Gasteiger partial charge in [0.2, 0.25) is 0 Å². The van der Waals surface area contributed by atoms with Crippen LogP contribution in [0.4, 0.5) is 11.4 Å². The van der Waals surface area contributed by atoms with E-state index in [1.54, 1.807) is 12.1 Å². The third-order valence-electron chi connectivity index (χ3n) is 3.05. The van der Waals surface area contributed by atoms with Crippen molar-refractivity contribution in [2.45, 2.75) is 20.4 Å². The SMILES string of the molecule is Cc1ccc([N+](=O)[O-])c(NCc2ccc(Br)c(C)c2)c1. The molecule has 0 heterocycles. The van der Waals surface area contributed by atoms with Gasteiger partial charge in [-0.15, -0.1) is 0 Å². The van der Waals surface area contributed by atoms with Crippen LogP contribution < -0.4 is 5.32 Å². The molecular weight excluding hydrogens is 320 g/mol. The second-order valence-electron chi connectivity index (χ2n) is 4.71. The lowest BCUT2D eigenvalue weighted by atomic mass is 10.1. The lowest BCUT2D eigenvalue weighted by Gasteiger charge is -2.09. The van der Waals surface area contributed by atoms with Crippen molar-refractivity contribution in [2.75, 3.05) is 5.32 Å². The summed E-state index contributed by atoms with van der Waals surface area (Å²) in [6.07, 6.45) is 0. The molecule has 104 valence electrons. The Hall–Kier alpha value is -1.88. The van der Waals surface area contributed by atoms with Crippen LogP contribution in [-0.4, -0.2) is 4.92 Å². The van der Waals surface area contributed by atoms with Crippen molar-refractivity contribution in [1.82, 2.24) is 0 Å². The Kier molecular flexibility index (Phi) is 4.39. The topological polar surface area (TPSA) is 55.2 Å². The predicted octanol–water partition coefficient (Wildman–Crippen LogP) is 4.59. The van der Waals surface area contributed by atoms with Crippen molar-refractivity contribution >= 4 is 27.3 Å². The molecule has 2 rings (SSSR count). The maximum atomic E-state index is 11.0. The van der Waals surface area contributed by atoms with Gasteiger partial charge in [-0.2, -0.15) is 0 Å². The molecule has 0 bridgehead atoms. The minimum Gasteiger partial charge on any atom is -0.375 e. The fraction of sp³-hybridized carbons (Fsp3) is 0.200. The number of hydrogen-bond acceptors (Lipinski definition) is 3. The van der Waals surface area contributed by atoms with E-state index in [4.69, 9.17) is 0 Å². The number of anilines is 1. The number of nitrogens with zero attached hydrogens (tertiary/aromatic N) is 1. The smallest absolute Gasteiger partial charge is 0.292 e. The lowest BCUT2D eigenvalue weighted by Crippen LogP contribution is -2.03. The average Bonchev–Trinajstić information content (AvgIpc) is 2.40. The van der Waals surface area contributed by atoms with Gasteiger partial charge in [-0.05, 0) is 42.7 Å². The zero-order valence-electron chi connectivity index (χ0n) is 11.3. The highest BCUT2D eigenvalue weighted by Gasteiger charge is 2.13. The van der Waals surface area contributed by atoms with Crippen molar-refractivity contribution in [3.05, 3.63) is 67.7 Å².